The predicted molar refractivity (Wildman–Crippen MR) is 65.0 cm³/mol. The van der Waals surface area contributed by atoms with E-state index in [1.165, 1.54) is 15.6 Å². The highest BCUT2D eigenvalue weighted by atomic mass is 79.9. The van der Waals surface area contributed by atoms with Gasteiger partial charge >= 0.3 is 0 Å². The van der Waals surface area contributed by atoms with Gasteiger partial charge in [-0.05, 0) is 30.0 Å². The van der Waals surface area contributed by atoms with Crippen LogP contribution in [0.5, 0.6) is 0 Å². The Bertz CT molecular complexity index is 340. The van der Waals surface area contributed by atoms with E-state index >= 15 is 0 Å². The minimum atomic E-state index is 0.562. The Morgan fingerprint density at radius 1 is 1.53 bits per heavy atom. The van der Waals surface area contributed by atoms with Crippen LogP contribution in [0.3, 0.4) is 0 Å². The third-order valence-corrected chi connectivity index (χ3v) is 3.66. The number of fused-ring (bicyclic) bond motifs is 1. The van der Waals surface area contributed by atoms with Gasteiger partial charge in [-0.2, -0.15) is 0 Å². The van der Waals surface area contributed by atoms with E-state index in [1.54, 1.807) is 7.11 Å². The summed E-state index contributed by atoms with van der Waals surface area (Å²) in [6.45, 7) is 1.80. The molecule has 82 valence electrons. The van der Waals surface area contributed by atoms with Crippen molar-refractivity contribution in [1.29, 1.82) is 0 Å². The van der Waals surface area contributed by atoms with Crippen molar-refractivity contribution in [2.24, 2.45) is 0 Å². The van der Waals surface area contributed by atoms with E-state index in [0.29, 0.717) is 6.04 Å². The molecule has 1 unspecified atom stereocenters. The fraction of sp³-hybridized carbons (Fsp3) is 0.500. The average molecular weight is 270 g/mol. The average Bonchev–Trinajstić information content (AvgIpc) is 2.26. The molecule has 0 amide bonds. The number of methoxy groups -OCH3 is 1. The fourth-order valence-corrected chi connectivity index (χ4v) is 2.59. The predicted octanol–water partition coefficient (Wildman–Crippen LogP) is 2.50. The van der Waals surface area contributed by atoms with Crippen LogP contribution in [0.15, 0.2) is 22.7 Å². The number of nitrogens with one attached hydrogen (secondary N) is 1. The quantitative estimate of drug-likeness (QED) is 0.911. The van der Waals surface area contributed by atoms with Gasteiger partial charge in [0, 0.05) is 30.8 Å². The summed E-state index contributed by atoms with van der Waals surface area (Å²) in [6, 6.07) is 7.00. The highest BCUT2D eigenvalue weighted by molar-refractivity contribution is 9.10. The zero-order valence-electron chi connectivity index (χ0n) is 8.92. The van der Waals surface area contributed by atoms with Crippen LogP contribution in [0.1, 0.15) is 17.5 Å². The Morgan fingerprint density at radius 3 is 3.20 bits per heavy atom. The molecule has 1 aromatic rings. The molecule has 1 atom stereocenters. The van der Waals surface area contributed by atoms with Crippen LogP contribution >= 0.6 is 15.9 Å². The summed E-state index contributed by atoms with van der Waals surface area (Å²) in [5.41, 5.74) is 2.87. The lowest BCUT2D eigenvalue weighted by Gasteiger charge is -2.26. The summed E-state index contributed by atoms with van der Waals surface area (Å²) in [4.78, 5) is 0. The smallest absolute Gasteiger partial charge is 0.0477 e. The van der Waals surface area contributed by atoms with Crippen LogP contribution in [0, 0.1) is 0 Å². The van der Waals surface area contributed by atoms with E-state index < -0.39 is 0 Å². The van der Waals surface area contributed by atoms with Crippen molar-refractivity contribution in [3.63, 3.8) is 0 Å². The van der Waals surface area contributed by atoms with Crippen molar-refractivity contribution in [2.45, 2.75) is 25.4 Å². The largest absolute Gasteiger partial charge is 0.385 e. The monoisotopic (exact) mass is 269 g/mol. The minimum absolute atomic E-state index is 0.562. The van der Waals surface area contributed by atoms with Gasteiger partial charge in [-0.3, -0.25) is 0 Å². The van der Waals surface area contributed by atoms with Crippen LogP contribution in [-0.2, 0) is 17.7 Å². The highest BCUT2D eigenvalue weighted by Crippen LogP contribution is 2.25. The fourth-order valence-electron chi connectivity index (χ4n) is 2.04. The molecule has 0 aromatic heterocycles. The zero-order valence-corrected chi connectivity index (χ0v) is 10.5. The minimum Gasteiger partial charge on any atom is -0.385 e. The highest BCUT2D eigenvalue weighted by Gasteiger charge is 2.18. The molecule has 3 heteroatoms. The van der Waals surface area contributed by atoms with Crippen molar-refractivity contribution in [3.05, 3.63) is 33.8 Å². The number of rotatable bonds is 3. The molecule has 15 heavy (non-hydrogen) atoms. The summed E-state index contributed by atoms with van der Waals surface area (Å²) >= 11 is 3.59. The van der Waals surface area contributed by atoms with E-state index in [9.17, 15) is 0 Å². The van der Waals surface area contributed by atoms with E-state index in [1.807, 2.05) is 0 Å². The van der Waals surface area contributed by atoms with Gasteiger partial charge < -0.3 is 10.1 Å². The molecule has 0 saturated heterocycles. The van der Waals surface area contributed by atoms with Crippen molar-refractivity contribution in [2.75, 3.05) is 13.7 Å². The SMILES string of the molecule is COCCC1Cc2cccc(Br)c2CN1. The Morgan fingerprint density at radius 2 is 2.40 bits per heavy atom. The van der Waals surface area contributed by atoms with E-state index in [2.05, 4.69) is 39.4 Å². The van der Waals surface area contributed by atoms with Crippen LogP contribution in [0.25, 0.3) is 0 Å². The van der Waals surface area contributed by atoms with E-state index in [4.69, 9.17) is 4.74 Å². The molecule has 1 N–H and O–H groups in total. The molecule has 0 fully saturated rings. The van der Waals surface area contributed by atoms with E-state index in [-0.39, 0.29) is 0 Å². The molecular formula is C12H16BrNO. The molecule has 1 aromatic carbocycles. The van der Waals surface area contributed by atoms with Crippen molar-refractivity contribution < 1.29 is 4.74 Å². The number of hydrogen-bond acceptors (Lipinski definition) is 2. The molecule has 0 radical (unpaired) electrons. The van der Waals surface area contributed by atoms with Gasteiger partial charge in [0.15, 0.2) is 0 Å². The number of hydrogen-bond donors (Lipinski definition) is 1. The number of benzene rings is 1. The normalized spacial score (nSPS) is 20.0. The Hall–Kier alpha value is -0.380. The Balaban J connectivity index is 2.07. The molecule has 1 heterocycles. The lowest BCUT2D eigenvalue weighted by atomic mass is 9.94. The van der Waals surface area contributed by atoms with Crippen LogP contribution in [0.4, 0.5) is 0 Å². The van der Waals surface area contributed by atoms with Gasteiger partial charge in [-0.15, -0.1) is 0 Å². The van der Waals surface area contributed by atoms with Crippen LogP contribution in [0.2, 0.25) is 0 Å². The van der Waals surface area contributed by atoms with Crippen LogP contribution in [-0.4, -0.2) is 19.8 Å². The maximum absolute atomic E-state index is 5.11. The lowest BCUT2D eigenvalue weighted by molar-refractivity contribution is 0.181. The van der Waals surface area contributed by atoms with Gasteiger partial charge in [0.25, 0.3) is 0 Å². The molecular weight excluding hydrogens is 254 g/mol. The van der Waals surface area contributed by atoms with Crippen molar-refractivity contribution in [1.82, 2.24) is 5.32 Å². The third-order valence-electron chi connectivity index (χ3n) is 2.92. The van der Waals surface area contributed by atoms with Gasteiger partial charge in [0.05, 0.1) is 0 Å². The maximum atomic E-state index is 5.11. The van der Waals surface area contributed by atoms with Crippen molar-refractivity contribution in [3.8, 4) is 0 Å². The molecule has 0 spiro atoms. The summed E-state index contributed by atoms with van der Waals surface area (Å²) in [6.07, 6.45) is 2.20. The summed E-state index contributed by atoms with van der Waals surface area (Å²) in [5, 5.41) is 3.54. The first-order valence-corrected chi connectivity index (χ1v) is 6.09. The summed E-state index contributed by atoms with van der Waals surface area (Å²) in [5.74, 6) is 0. The third kappa shape index (κ3) is 2.60. The molecule has 1 aliphatic heterocycles. The molecule has 2 rings (SSSR count). The van der Waals surface area contributed by atoms with Gasteiger partial charge in [-0.25, -0.2) is 0 Å². The summed E-state index contributed by atoms with van der Waals surface area (Å²) in [7, 11) is 1.76. The van der Waals surface area contributed by atoms with Crippen LogP contribution < -0.4 is 5.32 Å². The summed E-state index contributed by atoms with van der Waals surface area (Å²) < 4.78 is 6.33. The van der Waals surface area contributed by atoms with Gasteiger partial charge in [0.1, 0.15) is 0 Å². The zero-order chi connectivity index (χ0) is 10.7. The van der Waals surface area contributed by atoms with Gasteiger partial charge in [-0.1, -0.05) is 28.1 Å². The molecule has 0 bridgehead atoms. The first-order valence-electron chi connectivity index (χ1n) is 5.30. The van der Waals surface area contributed by atoms with Crippen molar-refractivity contribution >= 4 is 15.9 Å². The topological polar surface area (TPSA) is 21.3 Å². The van der Waals surface area contributed by atoms with Gasteiger partial charge in [0.2, 0.25) is 0 Å². The second-order valence-corrected chi connectivity index (χ2v) is 4.80. The number of halogens is 1. The number of ether oxygens (including phenoxy) is 1. The molecule has 0 aliphatic carbocycles. The first kappa shape index (κ1) is 11.1. The first-order chi connectivity index (χ1) is 7.31. The Kier molecular flexibility index (Phi) is 3.78. The Labute approximate surface area is 99.1 Å². The molecule has 0 saturated carbocycles. The maximum Gasteiger partial charge on any atom is 0.0477 e. The molecule has 2 nitrogen and oxygen atoms in total. The standard InChI is InChI=1S/C12H16BrNO/c1-15-6-5-10-7-9-3-2-4-12(13)11(9)8-14-10/h2-4,10,14H,5-8H2,1H3. The second kappa shape index (κ2) is 5.10. The lowest BCUT2D eigenvalue weighted by Crippen LogP contribution is -2.36. The van der Waals surface area contributed by atoms with E-state index in [0.717, 1.165) is 26.0 Å². The second-order valence-electron chi connectivity index (χ2n) is 3.94. The molecule has 1 aliphatic rings.